The van der Waals surface area contributed by atoms with Gasteiger partial charge in [-0.25, -0.2) is 0 Å². The minimum atomic E-state index is -4.55. The summed E-state index contributed by atoms with van der Waals surface area (Å²) in [5, 5.41) is 8.59. The SMILES string of the molecule is CCOCCOc1ccc(C#N)cc1C(F)(F)F. The van der Waals surface area contributed by atoms with E-state index in [4.69, 9.17) is 14.7 Å². The van der Waals surface area contributed by atoms with Crippen molar-refractivity contribution in [3.63, 3.8) is 0 Å². The smallest absolute Gasteiger partial charge is 0.420 e. The second-order valence-corrected chi connectivity index (χ2v) is 3.37. The number of halogens is 3. The van der Waals surface area contributed by atoms with Gasteiger partial charge in [-0.05, 0) is 25.1 Å². The van der Waals surface area contributed by atoms with E-state index in [1.807, 2.05) is 0 Å². The minimum Gasteiger partial charge on any atom is -0.491 e. The zero-order valence-corrected chi connectivity index (χ0v) is 9.75. The van der Waals surface area contributed by atoms with E-state index in [9.17, 15) is 13.2 Å². The standard InChI is InChI=1S/C12H12F3NO2/c1-2-17-5-6-18-11-4-3-9(8-16)7-10(11)12(13,14)15/h3-4,7H,2,5-6H2,1H3. The Hall–Kier alpha value is -1.74. The van der Waals surface area contributed by atoms with Gasteiger partial charge in [0.2, 0.25) is 0 Å². The van der Waals surface area contributed by atoms with Crippen LogP contribution < -0.4 is 4.74 Å². The molecule has 1 aromatic rings. The second-order valence-electron chi connectivity index (χ2n) is 3.37. The monoisotopic (exact) mass is 259 g/mol. The highest BCUT2D eigenvalue weighted by atomic mass is 19.4. The molecule has 0 aliphatic heterocycles. The highest BCUT2D eigenvalue weighted by molar-refractivity contribution is 5.43. The summed E-state index contributed by atoms with van der Waals surface area (Å²) in [6.45, 7) is 2.50. The molecule has 0 bridgehead atoms. The second kappa shape index (κ2) is 6.26. The fourth-order valence-corrected chi connectivity index (χ4v) is 1.30. The van der Waals surface area contributed by atoms with Crippen molar-refractivity contribution in [3.05, 3.63) is 29.3 Å². The predicted octanol–water partition coefficient (Wildman–Crippen LogP) is 2.99. The van der Waals surface area contributed by atoms with Crippen LogP contribution >= 0.6 is 0 Å². The van der Waals surface area contributed by atoms with Crippen LogP contribution in [0.5, 0.6) is 5.75 Å². The van der Waals surface area contributed by atoms with Crippen LogP contribution in [-0.2, 0) is 10.9 Å². The Morgan fingerprint density at radius 2 is 2.00 bits per heavy atom. The lowest BCUT2D eigenvalue weighted by atomic mass is 10.1. The van der Waals surface area contributed by atoms with Gasteiger partial charge >= 0.3 is 6.18 Å². The molecule has 0 aromatic heterocycles. The van der Waals surface area contributed by atoms with Gasteiger partial charge in [0.1, 0.15) is 12.4 Å². The van der Waals surface area contributed by atoms with E-state index in [0.29, 0.717) is 6.61 Å². The maximum Gasteiger partial charge on any atom is 0.420 e. The Balaban J connectivity index is 2.87. The summed E-state index contributed by atoms with van der Waals surface area (Å²) in [7, 11) is 0. The Morgan fingerprint density at radius 3 is 2.56 bits per heavy atom. The summed E-state index contributed by atoms with van der Waals surface area (Å²) in [4.78, 5) is 0. The zero-order chi connectivity index (χ0) is 13.6. The molecule has 0 saturated carbocycles. The van der Waals surface area contributed by atoms with Crippen molar-refractivity contribution < 1.29 is 22.6 Å². The largest absolute Gasteiger partial charge is 0.491 e. The van der Waals surface area contributed by atoms with Gasteiger partial charge in [-0.3, -0.25) is 0 Å². The Morgan fingerprint density at radius 1 is 1.28 bits per heavy atom. The van der Waals surface area contributed by atoms with Crippen LogP contribution in [0.3, 0.4) is 0 Å². The highest BCUT2D eigenvalue weighted by Crippen LogP contribution is 2.36. The van der Waals surface area contributed by atoms with Gasteiger partial charge in [0.25, 0.3) is 0 Å². The third-order valence-corrected chi connectivity index (χ3v) is 2.10. The first-order valence-corrected chi connectivity index (χ1v) is 5.31. The van der Waals surface area contributed by atoms with Crippen LogP contribution in [-0.4, -0.2) is 19.8 Å². The fraction of sp³-hybridized carbons (Fsp3) is 0.417. The number of rotatable bonds is 5. The molecule has 0 saturated heterocycles. The molecule has 0 amide bonds. The number of hydrogen-bond donors (Lipinski definition) is 0. The predicted molar refractivity (Wildman–Crippen MR) is 58.1 cm³/mol. The molecule has 0 atom stereocenters. The van der Waals surface area contributed by atoms with Crippen molar-refractivity contribution in [2.24, 2.45) is 0 Å². The molecular weight excluding hydrogens is 247 g/mol. The van der Waals surface area contributed by atoms with Crippen LogP contribution in [0.25, 0.3) is 0 Å². The van der Waals surface area contributed by atoms with Gasteiger partial charge in [-0.15, -0.1) is 0 Å². The Bertz CT molecular complexity index is 438. The molecule has 0 aliphatic carbocycles. The fourth-order valence-electron chi connectivity index (χ4n) is 1.30. The first-order valence-electron chi connectivity index (χ1n) is 5.31. The van der Waals surface area contributed by atoms with Gasteiger partial charge in [0.05, 0.1) is 23.8 Å². The summed E-state index contributed by atoms with van der Waals surface area (Å²) < 4.78 is 48.1. The van der Waals surface area contributed by atoms with Gasteiger partial charge in [-0.1, -0.05) is 0 Å². The normalized spacial score (nSPS) is 11.1. The van der Waals surface area contributed by atoms with Crippen molar-refractivity contribution in [2.45, 2.75) is 13.1 Å². The van der Waals surface area contributed by atoms with Crippen molar-refractivity contribution in [3.8, 4) is 11.8 Å². The number of ether oxygens (including phenoxy) is 2. The summed E-state index contributed by atoms with van der Waals surface area (Å²) in [5.74, 6) is -0.291. The third-order valence-electron chi connectivity index (χ3n) is 2.10. The number of benzene rings is 1. The minimum absolute atomic E-state index is 0.0306. The van der Waals surface area contributed by atoms with E-state index in [1.165, 1.54) is 6.07 Å². The van der Waals surface area contributed by atoms with Gasteiger partial charge in [0, 0.05) is 6.61 Å². The van der Waals surface area contributed by atoms with Crippen LogP contribution in [0.4, 0.5) is 13.2 Å². The molecule has 98 valence electrons. The third kappa shape index (κ3) is 3.93. The summed E-state index contributed by atoms with van der Waals surface area (Å²) in [5.41, 5.74) is -1.00. The van der Waals surface area contributed by atoms with Crippen molar-refractivity contribution >= 4 is 0 Å². The first-order chi connectivity index (χ1) is 8.49. The van der Waals surface area contributed by atoms with E-state index in [2.05, 4.69) is 0 Å². The maximum atomic E-state index is 12.7. The maximum absolute atomic E-state index is 12.7. The first kappa shape index (κ1) is 14.3. The summed E-state index contributed by atoms with van der Waals surface area (Å²) in [6.07, 6.45) is -4.55. The molecule has 6 heteroatoms. The van der Waals surface area contributed by atoms with Crippen LogP contribution in [0.1, 0.15) is 18.1 Å². The lowest BCUT2D eigenvalue weighted by Gasteiger charge is -2.14. The molecule has 0 fully saturated rings. The molecule has 1 rings (SSSR count). The lowest BCUT2D eigenvalue weighted by molar-refractivity contribution is -0.139. The van der Waals surface area contributed by atoms with Crippen molar-refractivity contribution in [1.29, 1.82) is 5.26 Å². The van der Waals surface area contributed by atoms with Gasteiger partial charge in [-0.2, -0.15) is 18.4 Å². The molecule has 0 unspecified atom stereocenters. The molecule has 0 N–H and O–H groups in total. The highest BCUT2D eigenvalue weighted by Gasteiger charge is 2.34. The number of alkyl halides is 3. The summed E-state index contributed by atoms with van der Waals surface area (Å²) >= 11 is 0. The van der Waals surface area contributed by atoms with E-state index < -0.39 is 11.7 Å². The quantitative estimate of drug-likeness (QED) is 0.763. The van der Waals surface area contributed by atoms with Gasteiger partial charge < -0.3 is 9.47 Å². The van der Waals surface area contributed by atoms with E-state index in [0.717, 1.165) is 12.1 Å². The number of nitrogens with zero attached hydrogens (tertiary/aromatic N) is 1. The topological polar surface area (TPSA) is 42.2 Å². The molecule has 18 heavy (non-hydrogen) atoms. The summed E-state index contributed by atoms with van der Waals surface area (Å²) in [6, 6.07) is 4.87. The zero-order valence-electron chi connectivity index (χ0n) is 9.75. The lowest BCUT2D eigenvalue weighted by Crippen LogP contribution is -2.12. The number of nitriles is 1. The molecule has 1 aromatic carbocycles. The van der Waals surface area contributed by atoms with Crippen LogP contribution in [0.15, 0.2) is 18.2 Å². The molecule has 0 aliphatic rings. The molecule has 0 radical (unpaired) electrons. The van der Waals surface area contributed by atoms with Crippen molar-refractivity contribution in [1.82, 2.24) is 0 Å². The van der Waals surface area contributed by atoms with Crippen molar-refractivity contribution in [2.75, 3.05) is 19.8 Å². The van der Waals surface area contributed by atoms with E-state index in [-0.39, 0.29) is 24.5 Å². The molecule has 0 heterocycles. The van der Waals surface area contributed by atoms with E-state index in [1.54, 1.807) is 13.0 Å². The Kier molecular flexibility index (Phi) is 4.98. The molecular formula is C12H12F3NO2. The van der Waals surface area contributed by atoms with Gasteiger partial charge in [0.15, 0.2) is 0 Å². The van der Waals surface area contributed by atoms with E-state index >= 15 is 0 Å². The average molecular weight is 259 g/mol. The van der Waals surface area contributed by atoms with Crippen LogP contribution in [0.2, 0.25) is 0 Å². The number of hydrogen-bond acceptors (Lipinski definition) is 3. The Labute approximate surface area is 103 Å². The average Bonchev–Trinajstić information content (AvgIpc) is 2.33. The molecule has 3 nitrogen and oxygen atoms in total. The molecule has 0 spiro atoms. The van der Waals surface area contributed by atoms with Crippen LogP contribution in [0, 0.1) is 11.3 Å².